The highest BCUT2D eigenvalue weighted by Crippen LogP contribution is 2.31. The zero-order chi connectivity index (χ0) is 15.7. The van der Waals surface area contributed by atoms with Crippen molar-refractivity contribution in [2.75, 3.05) is 7.05 Å². The number of fused-ring (bicyclic) bond motifs is 1. The van der Waals surface area contributed by atoms with Crippen LogP contribution in [0, 0.1) is 0 Å². The first-order valence-electron chi connectivity index (χ1n) is 7.24. The highest BCUT2D eigenvalue weighted by Gasteiger charge is 2.20. The Morgan fingerprint density at radius 2 is 1.95 bits per heavy atom. The molecule has 1 N–H and O–H groups in total. The first kappa shape index (κ1) is 14.8. The molecule has 5 heteroatoms. The van der Waals surface area contributed by atoms with E-state index in [1.807, 2.05) is 6.07 Å². The first-order chi connectivity index (χ1) is 10.5. The second-order valence-corrected chi connectivity index (χ2v) is 6.71. The number of benzene rings is 1. The molecule has 0 aliphatic heterocycles. The third kappa shape index (κ3) is 2.90. The molecule has 1 aliphatic carbocycles. The molecule has 3 rings (SSSR count). The van der Waals surface area contributed by atoms with E-state index >= 15 is 0 Å². The van der Waals surface area contributed by atoms with E-state index in [9.17, 15) is 9.59 Å². The quantitative estimate of drug-likeness (QED) is 0.942. The van der Waals surface area contributed by atoms with Crippen LogP contribution in [0.15, 0.2) is 30.3 Å². The maximum Gasteiger partial charge on any atom is 0.335 e. The summed E-state index contributed by atoms with van der Waals surface area (Å²) in [6.07, 6.45) is 3.37. The molecule has 0 bridgehead atoms. The van der Waals surface area contributed by atoms with E-state index < -0.39 is 5.97 Å². The van der Waals surface area contributed by atoms with Gasteiger partial charge in [0.15, 0.2) is 0 Å². The maximum atomic E-state index is 12.5. The lowest BCUT2D eigenvalue weighted by Gasteiger charge is -2.16. The number of nitrogens with zero attached hydrogens (tertiary/aromatic N) is 1. The second-order valence-electron chi connectivity index (χ2n) is 5.58. The van der Waals surface area contributed by atoms with E-state index in [0.717, 1.165) is 23.3 Å². The minimum absolute atomic E-state index is 0.0294. The molecule has 1 aromatic carbocycles. The Kier molecular flexibility index (Phi) is 3.98. The molecule has 0 fully saturated rings. The standard InChI is InChI=1S/C17H17NO3S/c1-18(10-11-5-7-12(8-6-11)17(20)21)16(19)15-9-13-3-2-4-14(13)22-15/h5-9H,2-4,10H2,1H3,(H,20,21). The molecule has 22 heavy (non-hydrogen) atoms. The molecular weight excluding hydrogens is 298 g/mol. The molecule has 0 saturated heterocycles. The number of carboxylic acid groups (broad SMARTS) is 1. The number of carbonyl (C=O) groups is 2. The molecule has 4 nitrogen and oxygen atoms in total. The molecule has 0 radical (unpaired) electrons. The molecule has 0 atom stereocenters. The van der Waals surface area contributed by atoms with Crippen LogP contribution in [-0.4, -0.2) is 28.9 Å². The van der Waals surface area contributed by atoms with Crippen LogP contribution in [0.1, 0.15) is 42.5 Å². The van der Waals surface area contributed by atoms with Crippen molar-refractivity contribution in [3.63, 3.8) is 0 Å². The molecular formula is C17H17NO3S. The predicted molar refractivity (Wildman–Crippen MR) is 85.5 cm³/mol. The fourth-order valence-corrected chi connectivity index (χ4v) is 3.97. The largest absolute Gasteiger partial charge is 0.478 e. The van der Waals surface area contributed by atoms with Gasteiger partial charge in [0.25, 0.3) is 5.91 Å². The summed E-state index contributed by atoms with van der Waals surface area (Å²) in [6.45, 7) is 0.474. The molecule has 0 unspecified atom stereocenters. The Morgan fingerprint density at radius 3 is 2.59 bits per heavy atom. The molecule has 114 valence electrons. The molecule has 1 aliphatic rings. The minimum Gasteiger partial charge on any atom is -0.478 e. The highest BCUT2D eigenvalue weighted by atomic mass is 32.1. The number of hydrogen-bond acceptors (Lipinski definition) is 3. The van der Waals surface area contributed by atoms with Crippen LogP contribution in [-0.2, 0) is 19.4 Å². The van der Waals surface area contributed by atoms with E-state index in [1.165, 1.54) is 16.9 Å². The summed E-state index contributed by atoms with van der Waals surface area (Å²) in [5.41, 5.74) is 2.50. The number of thiophene rings is 1. The van der Waals surface area contributed by atoms with Gasteiger partial charge in [-0.2, -0.15) is 0 Å². The third-order valence-electron chi connectivity index (χ3n) is 3.92. The Hall–Kier alpha value is -2.14. The van der Waals surface area contributed by atoms with Crippen LogP contribution in [0.5, 0.6) is 0 Å². The van der Waals surface area contributed by atoms with Crippen LogP contribution in [0.4, 0.5) is 0 Å². The van der Waals surface area contributed by atoms with Gasteiger partial charge < -0.3 is 10.0 Å². The van der Waals surface area contributed by atoms with Crippen LogP contribution < -0.4 is 0 Å². The number of carboxylic acids is 1. The summed E-state index contributed by atoms with van der Waals surface area (Å²) >= 11 is 1.61. The second kappa shape index (κ2) is 5.93. The fourth-order valence-electron chi connectivity index (χ4n) is 2.72. The van der Waals surface area contributed by atoms with Crippen molar-refractivity contribution in [3.8, 4) is 0 Å². The smallest absolute Gasteiger partial charge is 0.335 e. The Bertz CT molecular complexity index is 697. The van der Waals surface area contributed by atoms with Crippen molar-refractivity contribution in [3.05, 3.63) is 56.8 Å². The van der Waals surface area contributed by atoms with Gasteiger partial charge in [-0.05, 0) is 48.6 Å². The summed E-state index contributed by atoms with van der Waals surface area (Å²) in [5.74, 6) is -0.911. The number of rotatable bonds is 4. The monoisotopic (exact) mass is 315 g/mol. The van der Waals surface area contributed by atoms with Gasteiger partial charge in [-0.25, -0.2) is 4.79 Å². The number of aromatic carboxylic acids is 1. The Morgan fingerprint density at radius 1 is 1.23 bits per heavy atom. The Labute approximate surface area is 133 Å². The first-order valence-corrected chi connectivity index (χ1v) is 8.05. The van der Waals surface area contributed by atoms with Crippen LogP contribution in [0.3, 0.4) is 0 Å². The van der Waals surface area contributed by atoms with Crippen LogP contribution >= 0.6 is 11.3 Å². The van der Waals surface area contributed by atoms with Crippen molar-refractivity contribution in [1.29, 1.82) is 0 Å². The SMILES string of the molecule is CN(Cc1ccc(C(=O)O)cc1)C(=O)c1cc2c(s1)CCC2. The van der Waals surface area contributed by atoms with Crippen molar-refractivity contribution < 1.29 is 14.7 Å². The molecule has 1 heterocycles. The van der Waals surface area contributed by atoms with Gasteiger partial charge in [0.2, 0.25) is 0 Å². The van der Waals surface area contributed by atoms with Crippen molar-refractivity contribution >= 4 is 23.2 Å². The summed E-state index contributed by atoms with van der Waals surface area (Å²) in [6, 6.07) is 8.66. The zero-order valence-corrected chi connectivity index (χ0v) is 13.2. The lowest BCUT2D eigenvalue weighted by molar-refractivity contribution is 0.0695. The van der Waals surface area contributed by atoms with Gasteiger partial charge in [-0.3, -0.25) is 4.79 Å². The Balaban J connectivity index is 1.69. The van der Waals surface area contributed by atoms with Crippen molar-refractivity contribution in [1.82, 2.24) is 4.90 Å². The lowest BCUT2D eigenvalue weighted by Crippen LogP contribution is -2.25. The van der Waals surface area contributed by atoms with E-state index in [1.54, 1.807) is 47.5 Å². The van der Waals surface area contributed by atoms with Gasteiger partial charge in [-0.1, -0.05) is 12.1 Å². The van der Waals surface area contributed by atoms with Crippen LogP contribution in [0.2, 0.25) is 0 Å². The zero-order valence-electron chi connectivity index (χ0n) is 12.3. The summed E-state index contributed by atoms with van der Waals surface area (Å²) < 4.78 is 0. The van der Waals surface area contributed by atoms with Crippen molar-refractivity contribution in [2.45, 2.75) is 25.8 Å². The normalized spacial score (nSPS) is 13.0. The van der Waals surface area contributed by atoms with E-state index in [2.05, 4.69) is 0 Å². The molecule has 2 aromatic rings. The summed E-state index contributed by atoms with van der Waals surface area (Å²) in [7, 11) is 1.78. The van der Waals surface area contributed by atoms with Gasteiger partial charge in [-0.15, -0.1) is 11.3 Å². The molecule has 0 spiro atoms. The van der Waals surface area contributed by atoms with E-state index in [0.29, 0.717) is 6.54 Å². The van der Waals surface area contributed by atoms with Crippen molar-refractivity contribution in [2.24, 2.45) is 0 Å². The van der Waals surface area contributed by atoms with E-state index in [-0.39, 0.29) is 11.5 Å². The van der Waals surface area contributed by atoms with Gasteiger partial charge in [0.05, 0.1) is 10.4 Å². The summed E-state index contributed by atoms with van der Waals surface area (Å²) in [4.78, 5) is 27.1. The highest BCUT2D eigenvalue weighted by molar-refractivity contribution is 7.14. The fraction of sp³-hybridized carbons (Fsp3) is 0.294. The molecule has 1 amide bonds. The lowest BCUT2D eigenvalue weighted by atomic mass is 10.1. The number of amides is 1. The van der Waals surface area contributed by atoms with Gasteiger partial charge in [0.1, 0.15) is 0 Å². The predicted octanol–water partition coefficient (Wildman–Crippen LogP) is 3.21. The topological polar surface area (TPSA) is 57.6 Å². The maximum absolute atomic E-state index is 12.5. The number of aryl methyl sites for hydroxylation is 2. The van der Waals surface area contributed by atoms with Gasteiger partial charge >= 0.3 is 5.97 Å². The average molecular weight is 315 g/mol. The third-order valence-corrected chi connectivity index (χ3v) is 5.15. The van der Waals surface area contributed by atoms with Gasteiger partial charge in [0, 0.05) is 18.5 Å². The molecule has 0 saturated carbocycles. The van der Waals surface area contributed by atoms with Crippen LogP contribution in [0.25, 0.3) is 0 Å². The molecule has 1 aromatic heterocycles. The average Bonchev–Trinajstić information content (AvgIpc) is 3.08. The minimum atomic E-state index is -0.941. The summed E-state index contributed by atoms with van der Waals surface area (Å²) in [5, 5.41) is 8.89. The number of hydrogen-bond donors (Lipinski definition) is 1. The van der Waals surface area contributed by atoms with E-state index in [4.69, 9.17) is 5.11 Å². The number of carbonyl (C=O) groups excluding carboxylic acids is 1.